The number of ether oxygens (including phenoxy) is 3. The third-order valence-corrected chi connectivity index (χ3v) is 7.81. The number of amides is 1. The molecule has 0 aliphatic carbocycles. The molecule has 2 saturated heterocycles. The van der Waals surface area contributed by atoms with Crippen LogP contribution in [0.4, 0.5) is 10.1 Å². The number of carbonyl (C=O) groups excluding carboxylic acids is 1. The minimum absolute atomic E-state index is 0.159. The molecular formula is C32H44FN3O4. The number of nitrogens with one attached hydrogen (secondary N) is 1. The van der Waals surface area contributed by atoms with Crippen LogP contribution in [0.25, 0.3) is 11.1 Å². The average molecular weight is 554 g/mol. The van der Waals surface area contributed by atoms with E-state index in [1.54, 1.807) is 6.07 Å². The number of rotatable bonds is 11. The third-order valence-electron chi connectivity index (χ3n) is 7.81. The summed E-state index contributed by atoms with van der Waals surface area (Å²) < 4.78 is 31.9. The molecule has 2 heterocycles. The minimum atomic E-state index is -0.231. The predicted molar refractivity (Wildman–Crippen MR) is 157 cm³/mol. The smallest absolute Gasteiger partial charge is 0.251 e. The molecule has 0 bridgehead atoms. The minimum Gasteiger partial charge on any atom is -0.499 e. The molecule has 0 aromatic heterocycles. The van der Waals surface area contributed by atoms with Crippen LogP contribution in [0.2, 0.25) is 0 Å². The molecule has 1 N–H and O–H groups in total. The van der Waals surface area contributed by atoms with E-state index >= 15 is 4.39 Å². The molecule has 0 spiro atoms. The van der Waals surface area contributed by atoms with Crippen LogP contribution < -0.4 is 10.2 Å². The summed E-state index contributed by atoms with van der Waals surface area (Å²) in [5.41, 5.74) is 4.78. The fourth-order valence-electron chi connectivity index (χ4n) is 5.55. The van der Waals surface area contributed by atoms with Gasteiger partial charge in [-0.2, -0.15) is 0 Å². The molecule has 0 saturated carbocycles. The number of nitrogens with zero attached hydrogens (tertiary/aromatic N) is 2. The van der Waals surface area contributed by atoms with Crippen LogP contribution >= 0.6 is 0 Å². The highest BCUT2D eigenvalue weighted by Crippen LogP contribution is 2.34. The van der Waals surface area contributed by atoms with Crippen molar-refractivity contribution >= 4 is 11.6 Å². The topological polar surface area (TPSA) is 63.3 Å². The van der Waals surface area contributed by atoms with Crippen molar-refractivity contribution in [3.05, 3.63) is 64.7 Å². The number of hydrogen-bond donors (Lipinski definition) is 1. The largest absolute Gasteiger partial charge is 0.499 e. The second-order valence-corrected chi connectivity index (χ2v) is 10.5. The van der Waals surface area contributed by atoms with Crippen LogP contribution in [0.1, 0.15) is 55.1 Å². The van der Waals surface area contributed by atoms with Gasteiger partial charge in [0, 0.05) is 68.8 Å². The number of halogens is 1. The molecular weight excluding hydrogens is 509 g/mol. The van der Waals surface area contributed by atoms with Crippen molar-refractivity contribution < 1.29 is 23.4 Å². The van der Waals surface area contributed by atoms with Crippen LogP contribution in [0, 0.1) is 12.7 Å². The number of benzene rings is 2. The summed E-state index contributed by atoms with van der Waals surface area (Å²) in [6, 6.07) is 9.77. The van der Waals surface area contributed by atoms with Gasteiger partial charge in [-0.25, -0.2) is 4.39 Å². The van der Waals surface area contributed by atoms with Crippen LogP contribution in [0.3, 0.4) is 0 Å². The maximum Gasteiger partial charge on any atom is 0.251 e. The van der Waals surface area contributed by atoms with E-state index in [2.05, 4.69) is 28.1 Å². The zero-order valence-electron chi connectivity index (χ0n) is 24.4. The summed E-state index contributed by atoms with van der Waals surface area (Å²) in [4.78, 5) is 18.0. The molecule has 0 atom stereocenters. The molecule has 2 aliphatic rings. The van der Waals surface area contributed by atoms with Gasteiger partial charge >= 0.3 is 0 Å². The first-order valence-electron chi connectivity index (χ1n) is 14.6. The molecule has 218 valence electrons. The first-order valence-corrected chi connectivity index (χ1v) is 14.6. The Morgan fingerprint density at radius 1 is 1.10 bits per heavy atom. The lowest BCUT2D eigenvalue weighted by Gasteiger charge is -2.37. The second kappa shape index (κ2) is 14.6. The van der Waals surface area contributed by atoms with Gasteiger partial charge in [-0.3, -0.25) is 9.69 Å². The van der Waals surface area contributed by atoms with E-state index in [0.717, 1.165) is 73.8 Å². The van der Waals surface area contributed by atoms with Crippen molar-refractivity contribution in [3.8, 4) is 11.1 Å². The second-order valence-electron chi connectivity index (χ2n) is 10.5. The standard InChI is InChI=1S/C32H44FN3O4/c1-5-36(28-10-15-38-16-11-28)31-21-27(19-29(24(31)4)32(37)34-12-9-23(3)40-6-2)25-7-8-26(30(33)20-25)22-35-13-17-39-18-14-35/h7-9,19-21,28H,5-6,10-18,22H2,1-4H3,(H,34,37)/b23-9-. The fraction of sp³-hybridized carbons (Fsp3) is 0.531. The highest BCUT2D eigenvalue weighted by Gasteiger charge is 2.25. The molecule has 2 aliphatic heterocycles. The molecule has 2 aromatic carbocycles. The predicted octanol–water partition coefficient (Wildman–Crippen LogP) is 5.31. The number of carbonyl (C=O) groups is 1. The lowest BCUT2D eigenvalue weighted by molar-refractivity contribution is 0.0337. The molecule has 2 aromatic rings. The van der Waals surface area contributed by atoms with Gasteiger partial charge in [0.2, 0.25) is 0 Å². The van der Waals surface area contributed by atoms with Crippen molar-refractivity contribution in [1.29, 1.82) is 0 Å². The maximum atomic E-state index is 15.4. The Morgan fingerprint density at radius 3 is 2.50 bits per heavy atom. The Labute approximate surface area is 238 Å². The van der Waals surface area contributed by atoms with Gasteiger partial charge in [0.05, 0.1) is 25.6 Å². The zero-order chi connectivity index (χ0) is 28.5. The summed E-state index contributed by atoms with van der Waals surface area (Å²) in [5.74, 6) is 0.386. The Hall–Kier alpha value is -2.94. The highest BCUT2D eigenvalue weighted by molar-refractivity contribution is 5.99. The first kappa shape index (κ1) is 30.0. The molecule has 4 rings (SSSR count). The van der Waals surface area contributed by atoms with E-state index in [0.29, 0.717) is 50.1 Å². The lowest BCUT2D eigenvalue weighted by Crippen LogP contribution is -2.40. The first-order chi connectivity index (χ1) is 19.4. The van der Waals surface area contributed by atoms with E-state index < -0.39 is 0 Å². The van der Waals surface area contributed by atoms with Crippen molar-refractivity contribution in [2.45, 2.75) is 53.1 Å². The average Bonchev–Trinajstić information content (AvgIpc) is 2.96. The summed E-state index contributed by atoms with van der Waals surface area (Å²) >= 11 is 0. The molecule has 0 radical (unpaired) electrons. The molecule has 2 fully saturated rings. The molecule has 40 heavy (non-hydrogen) atoms. The van der Waals surface area contributed by atoms with Gasteiger partial charge < -0.3 is 24.4 Å². The Bertz CT molecular complexity index is 1170. The SMILES string of the molecule is CCO/C(C)=C\CNC(=O)c1cc(-c2ccc(CN3CCOCC3)c(F)c2)cc(N(CC)C2CCOCC2)c1C. The van der Waals surface area contributed by atoms with Crippen LogP contribution in [0.5, 0.6) is 0 Å². The molecule has 7 nitrogen and oxygen atoms in total. The number of allylic oxidation sites excluding steroid dienone is 1. The van der Waals surface area contributed by atoms with E-state index in [9.17, 15) is 4.79 Å². The summed E-state index contributed by atoms with van der Waals surface area (Å²) in [7, 11) is 0. The van der Waals surface area contributed by atoms with Crippen molar-refractivity contribution in [3.63, 3.8) is 0 Å². The third kappa shape index (κ3) is 7.62. The highest BCUT2D eigenvalue weighted by atomic mass is 19.1. The number of anilines is 1. The van der Waals surface area contributed by atoms with E-state index in [-0.39, 0.29) is 11.7 Å². The van der Waals surface area contributed by atoms with E-state index in [4.69, 9.17) is 14.2 Å². The van der Waals surface area contributed by atoms with Crippen LogP contribution in [-0.4, -0.2) is 76.1 Å². The number of hydrogen-bond acceptors (Lipinski definition) is 6. The Balaban J connectivity index is 1.67. The lowest BCUT2D eigenvalue weighted by atomic mass is 9.94. The van der Waals surface area contributed by atoms with Crippen LogP contribution in [-0.2, 0) is 20.8 Å². The van der Waals surface area contributed by atoms with E-state index in [1.807, 2.05) is 45.0 Å². The van der Waals surface area contributed by atoms with Gasteiger partial charge in [-0.1, -0.05) is 12.1 Å². The van der Waals surface area contributed by atoms with Crippen LogP contribution in [0.15, 0.2) is 42.2 Å². The van der Waals surface area contributed by atoms with Gasteiger partial charge in [0.1, 0.15) is 5.82 Å². The summed E-state index contributed by atoms with van der Waals surface area (Å²) in [5, 5.41) is 3.01. The van der Waals surface area contributed by atoms with Gasteiger partial charge in [-0.15, -0.1) is 0 Å². The fourth-order valence-corrected chi connectivity index (χ4v) is 5.55. The summed E-state index contributed by atoms with van der Waals surface area (Å²) in [6.07, 6.45) is 3.74. The maximum absolute atomic E-state index is 15.4. The zero-order valence-corrected chi connectivity index (χ0v) is 24.4. The van der Waals surface area contributed by atoms with Crippen molar-refractivity contribution in [2.75, 3.05) is 64.1 Å². The van der Waals surface area contributed by atoms with Gasteiger partial charge in [0.15, 0.2) is 0 Å². The molecule has 1 amide bonds. The van der Waals surface area contributed by atoms with Gasteiger partial charge in [-0.05, 0) is 81.5 Å². The normalized spacial score (nSPS) is 17.1. The molecule has 8 heteroatoms. The van der Waals surface area contributed by atoms with Crippen molar-refractivity contribution in [1.82, 2.24) is 10.2 Å². The number of morpholine rings is 1. The van der Waals surface area contributed by atoms with E-state index in [1.165, 1.54) is 0 Å². The Morgan fingerprint density at radius 2 is 1.82 bits per heavy atom. The summed E-state index contributed by atoms with van der Waals surface area (Å²) in [6.45, 7) is 14.7. The van der Waals surface area contributed by atoms with Gasteiger partial charge in [0.25, 0.3) is 5.91 Å². The van der Waals surface area contributed by atoms with Crippen molar-refractivity contribution in [2.24, 2.45) is 0 Å². The molecule has 0 unspecified atom stereocenters. The quantitative estimate of drug-likeness (QED) is 0.381. The monoisotopic (exact) mass is 553 g/mol. The Kier molecular flexibility index (Phi) is 11.0.